The molecule has 3 rings (SSSR count). The van der Waals surface area contributed by atoms with Crippen molar-refractivity contribution in [1.29, 1.82) is 0 Å². The van der Waals surface area contributed by atoms with Gasteiger partial charge in [0.1, 0.15) is 5.41 Å². The fraction of sp³-hybridized carbons (Fsp3) is 0.389. The Hall–Kier alpha value is -2.38. The summed E-state index contributed by atoms with van der Waals surface area (Å²) >= 11 is 5.87. The van der Waals surface area contributed by atoms with Crippen molar-refractivity contribution in [3.05, 3.63) is 41.0 Å². The first-order valence-electron chi connectivity index (χ1n) is 8.19. The molecule has 0 bridgehead atoms. The average molecular weight is 379 g/mol. The number of amides is 1. The minimum absolute atomic E-state index is 0.0565. The molecule has 1 saturated heterocycles. The summed E-state index contributed by atoms with van der Waals surface area (Å²) in [6.45, 7) is 0.611. The minimum Gasteiger partial charge on any atom is -0.481 e. The number of nitrogens with zero attached hydrogens (tertiary/aromatic N) is 2. The fourth-order valence-electron chi connectivity index (χ4n) is 3.22. The molecule has 1 aliphatic heterocycles. The molecule has 26 heavy (non-hydrogen) atoms. The molecular formula is C18H19ClN2O5. The lowest BCUT2D eigenvalue weighted by atomic mass is 9.80. The number of ether oxygens (including phenoxy) is 1. The van der Waals surface area contributed by atoms with Gasteiger partial charge in [0.05, 0.1) is 6.61 Å². The van der Waals surface area contributed by atoms with Crippen LogP contribution in [0.25, 0.3) is 11.3 Å². The number of methoxy groups -OCH3 is 1. The van der Waals surface area contributed by atoms with Crippen molar-refractivity contribution in [1.82, 2.24) is 10.1 Å². The van der Waals surface area contributed by atoms with E-state index in [9.17, 15) is 14.7 Å². The quantitative estimate of drug-likeness (QED) is 0.859. The van der Waals surface area contributed by atoms with Crippen LogP contribution in [-0.4, -0.2) is 53.8 Å². The predicted octanol–water partition coefficient (Wildman–Crippen LogP) is 2.95. The summed E-state index contributed by atoms with van der Waals surface area (Å²) in [5.74, 6) is -0.863. The van der Waals surface area contributed by atoms with E-state index in [0.717, 1.165) is 5.56 Å². The maximum absolute atomic E-state index is 12.8. The van der Waals surface area contributed by atoms with Crippen molar-refractivity contribution < 1.29 is 24.0 Å². The zero-order valence-corrected chi connectivity index (χ0v) is 15.0. The van der Waals surface area contributed by atoms with Gasteiger partial charge in [0.2, 0.25) is 0 Å². The van der Waals surface area contributed by atoms with Crippen molar-refractivity contribution in [3.63, 3.8) is 0 Å². The summed E-state index contributed by atoms with van der Waals surface area (Å²) in [5.41, 5.74) is -0.196. The van der Waals surface area contributed by atoms with Gasteiger partial charge in [-0.3, -0.25) is 9.59 Å². The fourth-order valence-corrected chi connectivity index (χ4v) is 3.35. The van der Waals surface area contributed by atoms with Crippen LogP contribution in [0, 0.1) is 5.41 Å². The molecule has 2 heterocycles. The number of carboxylic acid groups (broad SMARTS) is 1. The SMILES string of the molecule is COCC1(C(=O)O)CCCN(C(=O)c2cc(-c3ccc(Cl)cc3)on2)C1. The van der Waals surface area contributed by atoms with Crippen molar-refractivity contribution in [2.24, 2.45) is 5.41 Å². The molecule has 1 aromatic heterocycles. The maximum atomic E-state index is 12.8. The summed E-state index contributed by atoms with van der Waals surface area (Å²) in [6.07, 6.45) is 1.05. The topological polar surface area (TPSA) is 92.9 Å². The van der Waals surface area contributed by atoms with Crippen LogP contribution < -0.4 is 0 Å². The van der Waals surface area contributed by atoms with Gasteiger partial charge in [0.25, 0.3) is 5.91 Å². The number of carboxylic acids is 1. The molecule has 2 aromatic rings. The second-order valence-electron chi connectivity index (χ2n) is 6.43. The van der Waals surface area contributed by atoms with E-state index in [1.54, 1.807) is 30.3 Å². The van der Waals surface area contributed by atoms with Crippen LogP contribution in [0.3, 0.4) is 0 Å². The van der Waals surface area contributed by atoms with Gasteiger partial charge >= 0.3 is 5.97 Å². The Morgan fingerprint density at radius 3 is 2.77 bits per heavy atom. The molecule has 1 aromatic carbocycles. The van der Waals surface area contributed by atoms with Gasteiger partial charge in [-0.1, -0.05) is 16.8 Å². The Morgan fingerprint density at radius 2 is 2.12 bits per heavy atom. The molecule has 0 spiro atoms. The first-order chi connectivity index (χ1) is 12.4. The zero-order valence-electron chi connectivity index (χ0n) is 14.3. The van der Waals surface area contributed by atoms with E-state index in [2.05, 4.69) is 5.16 Å². The lowest BCUT2D eigenvalue weighted by Gasteiger charge is -2.39. The van der Waals surface area contributed by atoms with Crippen LogP contribution in [0.15, 0.2) is 34.9 Å². The minimum atomic E-state index is -1.09. The highest BCUT2D eigenvalue weighted by molar-refractivity contribution is 6.30. The standard InChI is InChI=1S/C18H19ClN2O5/c1-25-11-18(17(23)24)7-2-8-21(10-18)16(22)14-9-15(26-20-14)12-3-5-13(19)6-4-12/h3-6,9H,2,7-8,10-11H2,1H3,(H,23,24). The molecule has 7 nitrogen and oxygen atoms in total. The second kappa shape index (κ2) is 7.47. The van der Waals surface area contributed by atoms with Gasteiger partial charge in [-0.25, -0.2) is 0 Å². The number of aromatic nitrogens is 1. The molecule has 0 saturated carbocycles. The molecule has 0 aliphatic carbocycles. The molecule has 1 aliphatic rings. The molecule has 1 unspecified atom stereocenters. The number of halogens is 1. The number of hydrogen-bond acceptors (Lipinski definition) is 5. The normalized spacial score (nSPS) is 20.2. The Labute approximate surface area is 155 Å². The molecule has 8 heteroatoms. The molecular weight excluding hydrogens is 360 g/mol. The van der Waals surface area contributed by atoms with Crippen LogP contribution in [0.4, 0.5) is 0 Å². The highest BCUT2D eigenvalue weighted by atomic mass is 35.5. The largest absolute Gasteiger partial charge is 0.481 e. The van der Waals surface area contributed by atoms with Crippen molar-refractivity contribution in [2.75, 3.05) is 26.8 Å². The Morgan fingerprint density at radius 1 is 1.38 bits per heavy atom. The number of rotatable bonds is 5. The van der Waals surface area contributed by atoms with Gasteiger partial charge in [0, 0.05) is 36.9 Å². The number of hydrogen-bond donors (Lipinski definition) is 1. The smallest absolute Gasteiger partial charge is 0.313 e. The lowest BCUT2D eigenvalue weighted by molar-refractivity contribution is -0.155. The highest BCUT2D eigenvalue weighted by Crippen LogP contribution is 2.32. The first kappa shape index (κ1) is 18.4. The van der Waals surface area contributed by atoms with Crippen LogP contribution in [0.2, 0.25) is 5.02 Å². The van der Waals surface area contributed by atoms with Crippen LogP contribution in [0.5, 0.6) is 0 Å². The van der Waals surface area contributed by atoms with Gasteiger partial charge in [-0.15, -0.1) is 0 Å². The number of piperidine rings is 1. The molecule has 0 radical (unpaired) electrons. The summed E-state index contributed by atoms with van der Waals surface area (Å²) in [7, 11) is 1.46. The zero-order chi connectivity index (χ0) is 18.7. The molecule has 1 amide bonds. The van der Waals surface area contributed by atoms with E-state index < -0.39 is 11.4 Å². The van der Waals surface area contributed by atoms with Crippen LogP contribution >= 0.6 is 11.6 Å². The summed E-state index contributed by atoms with van der Waals surface area (Å²) in [4.78, 5) is 26.0. The van der Waals surface area contributed by atoms with Gasteiger partial charge in [-0.2, -0.15) is 0 Å². The Bertz CT molecular complexity index is 800. The number of carbonyl (C=O) groups excluding carboxylic acids is 1. The number of carbonyl (C=O) groups is 2. The molecule has 138 valence electrons. The van der Waals surface area contributed by atoms with Crippen molar-refractivity contribution in [3.8, 4) is 11.3 Å². The third-order valence-corrected chi connectivity index (χ3v) is 4.85. The van der Waals surface area contributed by atoms with E-state index in [-0.39, 0.29) is 24.8 Å². The van der Waals surface area contributed by atoms with Crippen molar-refractivity contribution >= 4 is 23.5 Å². The summed E-state index contributed by atoms with van der Waals surface area (Å²) in [6, 6.07) is 8.53. The van der Waals surface area contributed by atoms with Gasteiger partial charge in [-0.05, 0) is 37.1 Å². The van der Waals surface area contributed by atoms with Crippen LogP contribution in [-0.2, 0) is 9.53 Å². The van der Waals surface area contributed by atoms with E-state index in [0.29, 0.717) is 30.2 Å². The van der Waals surface area contributed by atoms with E-state index in [4.69, 9.17) is 20.9 Å². The lowest BCUT2D eigenvalue weighted by Crippen LogP contribution is -2.52. The molecule has 1 N–H and O–H groups in total. The van der Waals surface area contributed by atoms with Crippen LogP contribution in [0.1, 0.15) is 23.3 Å². The van der Waals surface area contributed by atoms with E-state index in [1.165, 1.54) is 12.0 Å². The molecule has 1 fully saturated rings. The first-order valence-corrected chi connectivity index (χ1v) is 8.57. The van der Waals surface area contributed by atoms with E-state index in [1.807, 2.05) is 0 Å². The number of aliphatic carboxylic acids is 1. The number of benzene rings is 1. The van der Waals surface area contributed by atoms with Gasteiger partial charge < -0.3 is 19.3 Å². The van der Waals surface area contributed by atoms with Gasteiger partial charge in [0.15, 0.2) is 11.5 Å². The molecule has 1 atom stereocenters. The summed E-state index contributed by atoms with van der Waals surface area (Å²) in [5, 5.41) is 14.1. The maximum Gasteiger partial charge on any atom is 0.313 e. The second-order valence-corrected chi connectivity index (χ2v) is 6.87. The third kappa shape index (κ3) is 3.59. The predicted molar refractivity (Wildman–Crippen MR) is 94.0 cm³/mol. The summed E-state index contributed by atoms with van der Waals surface area (Å²) < 4.78 is 10.4. The highest BCUT2D eigenvalue weighted by Gasteiger charge is 2.44. The monoisotopic (exact) mass is 378 g/mol. The Balaban J connectivity index is 1.79. The average Bonchev–Trinajstić information content (AvgIpc) is 3.12. The van der Waals surface area contributed by atoms with Crippen molar-refractivity contribution in [2.45, 2.75) is 12.8 Å². The Kier molecular flexibility index (Phi) is 5.29. The van der Waals surface area contributed by atoms with E-state index >= 15 is 0 Å². The third-order valence-electron chi connectivity index (χ3n) is 4.60. The number of likely N-dealkylation sites (tertiary alicyclic amines) is 1.